The van der Waals surface area contributed by atoms with Gasteiger partial charge in [-0.25, -0.2) is 14.4 Å². The lowest BCUT2D eigenvalue weighted by Crippen LogP contribution is -2.13. The molecule has 4 aromatic rings. The number of benzene rings is 2. The minimum atomic E-state index is -0.257. The highest BCUT2D eigenvalue weighted by Crippen LogP contribution is 2.20. The van der Waals surface area contributed by atoms with Gasteiger partial charge in [0.25, 0.3) is 0 Å². The summed E-state index contributed by atoms with van der Waals surface area (Å²) < 4.78 is 15.3. The minimum Gasteiger partial charge on any atom is -0.326 e. The van der Waals surface area contributed by atoms with Crippen LogP contribution in [-0.2, 0) is 17.8 Å². The predicted molar refractivity (Wildman–Crippen MR) is 121 cm³/mol. The van der Waals surface area contributed by atoms with Crippen molar-refractivity contribution in [2.75, 3.05) is 5.32 Å². The second kappa shape index (κ2) is 9.08. The van der Waals surface area contributed by atoms with E-state index in [9.17, 15) is 9.18 Å². The fourth-order valence-electron chi connectivity index (χ4n) is 3.64. The molecule has 2 aromatic carbocycles. The molecule has 4 rings (SSSR count). The largest absolute Gasteiger partial charge is 0.326 e. The van der Waals surface area contributed by atoms with Crippen molar-refractivity contribution in [2.45, 2.75) is 39.7 Å². The topological polar surface area (TPSA) is 59.8 Å². The molecule has 0 aliphatic carbocycles. The van der Waals surface area contributed by atoms with E-state index in [1.54, 1.807) is 18.3 Å². The highest BCUT2D eigenvalue weighted by molar-refractivity contribution is 5.91. The van der Waals surface area contributed by atoms with E-state index in [-0.39, 0.29) is 11.7 Å². The van der Waals surface area contributed by atoms with Crippen LogP contribution in [0.25, 0.3) is 11.2 Å². The van der Waals surface area contributed by atoms with Crippen molar-refractivity contribution in [2.24, 2.45) is 0 Å². The molecule has 5 nitrogen and oxygen atoms in total. The number of aromatic nitrogens is 3. The lowest BCUT2D eigenvalue weighted by molar-refractivity contribution is -0.116. The molecule has 2 heterocycles. The number of fused-ring (bicyclic) bond motifs is 1. The number of imidazole rings is 1. The van der Waals surface area contributed by atoms with Gasteiger partial charge >= 0.3 is 0 Å². The molecule has 6 heteroatoms. The SMILES string of the molecule is Cc1cccc(NC(=O)CCCc2nc3cccnc3n2Cc2ccc(F)cc2)c1C. The second-order valence-corrected chi connectivity index (χ2v) is 7.74. The molecule has 1 amide bonds. The number of aryl methyl sites for hydroxylation is 2. The Morgan fingerprint density at radius 3 is 2.68 bits per heavy atom. The summed E-state index contributed by atoms with van der Waals surface area (Å²) in [5.74, 6) is 0.609. The molecule has 0 saturated heterocycles. The van der Waals surface area contributed by atoms with E-state index < -0.39 is 0 Å². The fraction of sp³-hybridized carbons (Fsp3) is 0.240. The molecule has 0 aliphatic rings. The van der Waals surface area contributed by atoms with E-state index in [2.05, 4.69) is 10.3 Å². The van der Waals surface area contributed by atoms with Crippen molar-refractivity contribution in [1.82, 2.24) is 14.5 Å². The number of amides is 1. The molecule has 0 radical (unpaired) electrons. The van der Waals surface area contributed by atoms with Gasteiger partial charge in [0.15, 0.2) is 5.65 Å². The summed E-state index contributed by atoms with van der Waals surface area (Å²) in [6, 6.07) is 16.1. The maximum Gasteiger partial charge on any atom is 0.224 e. The number of rotatable bonds is 7. The van der Waals surface area contributed by atoms with Gasteiger partial charge in [-0.3, -0.25) is 4.79 Å². The van der Waals surface area contributed by atoms with Crippen LogP contribution in [0, 0.1) is 19.7 Å². The molecule has 0 saturated carbocycles. The average molecular weight is 417 g/mol. The number of carbonyl (C=O) groups excluding carboxylic acids is 1. The first-order chi connectivity index (χ1) is 15.0. The van der Waals surface area contributed by atoms with Gasteiger partial charge in [-0.05, 0) is 67.3 Å². The first kappa shape index (κ1) is 20.7. The number of carbonyl (C=O) groups is 1. The third-order valence-corrected chi connectivity index (χ3v) is 5.52. The van der Waals surface area contributed by atoms with Crippen LogP contribution in [0.1, 0.15) is 35.4 Å². The quantitative estimate of drug-likeness (QED) is 0.451. The Morgan fingerprint density at radius 1 is 1.06 bits per heavy atom. The van der Waals surface area contributed by atoms with Crippen LogP contribution in [0.3, 0.4) is 0 Å². The number of halogens is 1. The number of pyridine rings is 1. The molecule has 0 fully saturated rings. The smallest absolute Gasteiger partial charge is 0.224 e. The van der Waals surface area contributed by atoms with Crippen molar-refractivity contribution < 1.29 is 9.18 Å². The molecule has 2 aromatic heterocycles. The zero-order valence-corrected chi connectivity index (χ0v) is 17.7. The van der Waals surface area contributed by atoms with Crippen LogP contribution in [0.5, 0.6) is 0 Å². The number of anilines is 1. The van der Waals surface area contributed by atoms with Crippen molar-refractivity contribution in [3.8, 4) is 0 Å². The predicted octanol–water partition coefficient (Wildman–Crippen LogP) is 5.20. The summed E-state index contributed by atoms with van der Waals surface area (Å²) in [5, 5.41) is 3.01. The molecule has 0 aliphatic heterocycles. The Morgan fingerprint density at radius 2 is 1.87 bits per heavy atom. The Labute approximate surface area is 181 Å². The van der Waals surface area contributed by atoms with Crippen LogP contribution in [-0.4, -0.2) is 20.4 Å². The van der Waals surface area contributed by atoms with E-state index in [1.807, 2.05) is 48.7 Å². The van der Waals surface area contributed by atoms with Gasteiger partial charge < -0.3 is 9.88 Å². The Bertz CT molecular complexity index is 1210. The summed E-state index contributed by atoms with van der Waals surface area (Å²) in [6.07, 6.45) is 3.47. The van der Waals surface area contributed by atoms with E-state index in [0.29, 0.717) is 25.8 Å². The Kier molecular flexibility index (Phi) is 6.07. The Hall–Kier alpha value is -3.54. The van der Waals surface area contributed by atoms with Crippen molar-refractivity contribution in [3.05, 3.63) is 89.1 Å². The molecule has 158 valence electrons. The van der Waals surface area contributed by atoms with Crippen LogP contribution in [0.4, 0.5) is 10.1 Å². The average Bonchev–Trinajstić information content (AvgIpc) is 3.10. The van der Waals surface area contributed by atoms with Gasteiger partial charge in [-0.15, -0.1) is 0 Å². The van der Waals surface area contributed by atoms with Gasteiger partial charge in [0.1, 0.15) is 17.2 Å². The first-order valence-corrected chi connectivity index (χ1v) is 10.4. The molecule has 0 bridgehead atoms. The molecule has 1 N–H and O–H groups in total. The monoisotopic (exact) mass is 416 g/mol. The van der Waals surface area contributed by atoms with Gasteiger partial charge in [0.05, 0.1) is 6.54 Å². The number of nitrogens with zero attached hydrogens (tertiary/aromatic N) is 3. The summed E-state index contributed by atoms with van der Waals surface area (Å²) in [7, 11) is 0. The number of hydrogen-bond donors (Lipinski definition) is 1. The minimum absolute atomic E-state index is 0.00646. The number of nitrogens with one attached hydrogen (secondary N) is 1. The van der Waals surface area contributed by atoms with Gasteiger partial charge in [-0.1, -0.05) is 24.3 Å². The zero-order chi connectivity index (χ0) is 21.8. The van der Waals surface area contributed by atoms with Crippen molar-refractivity contribution in [3.63, 3.8) is 0 Å². The Balaban J connectivity index is 1.46. The summed E-state index contributed by atoms with van der Waals surface area (Å²) in [4.78, 5) is 21.7. The van der Waals surface area contributed by atoms with Crippen molar-refractivity contribution >= 4 is 22.8 Å². The van der Waals surface area contributed by atoms with Gasteiger partial charge in [0.2, 0.25) is 5.91 Å². The summed E-state index contributed by atoms with van der Waals surface area (Å²) >= 11 is 0. The maximum absolute atomic E-state index is 13.3. The highest BCUT2D eigenvalue weighted by Gasteiger charge is 2.13. The molecule has 0 atom stereocenters. The van der Waals surface area contributed by atoms with Crippen LogP contribution in [0.2, 0.25) is 0 Å². The molecular formula is C25H25FN4O. The van der Waals surface area contributed by atoms with E-state index >= 15 is 0 Å². The summed E-state index contributed by atoms with van der Waals surface area (Å²) in [5.41, 5.74) is 5.68. The fourth-order valence-corrected chi connectivity index (χ4v) is 3.64. The lowest BCUT2D eigenvalue weighted by atomic mass is 10.1. The summed E-state index contributed by atoms with van der Waals surface area (Å²) in [6.45, 7) is 4.60. The molecule has 0 unspecified atom stereocenters. The van der Waals surface area contributed by atoms with Crippen molar-refractivity contribution in [1.29, 1.82) is 0 Å². The standard InChI is InChI=1S/C25H25FN4O/c1-17-6-3-7-21(18(17)2)29-24(31)10-4-9-23-28-22-8-5-15-27-25(22)30(23)16-19-11-13-20(26)14-12-19/h3,5-8,11-15H,4,9-10,16H2,1-2H3,(H,29,31). The highest BCUT2D eigenvalue weighted by atomic mass is 19.1. The van der Waals surface area contributed by atoms with Gasteiger partial charge in [-0.2, -0.15) is 0 Å². The number of hydrogen-bond acceptors (Lipinski definition) is 3. The maximum atomic E-state index is 13.3. The van der Waals surface area contributed by atoms with E-state index in [0.717, 1.165) is 39.4 Å². The third kappa shape index (κ3) is 4.79. The van der Waals surface area contributed by atoms with Crippen LogP contribution in [0.15, 0.2) is 60.8 Å². The normalized spacial score (nSPS) is 11.1. The van der Waals surface area contributed by atoms with Gasteiger partial charge in [0, 0.05) is 24.7 Å². The molecule has 31 heavy (non-hydrogen) atoms. The third-order valence-electron chi connectivity index (χ3n) is 5.52. The molecule has 0 spiro atoms. The van der Waals surface area contributed by atoms with E-state index in [1.165, 1.54) is 12.1 Å². The second-order valence-electron chi connectivity index (χ2n) is 7.74. The van der Waals surface area contributed by atoms with E-state index in [4.69, 9.17) is 4.98 Å². The first-order valence-electron chi connectivity index (χ1n) is 10.4. The lowest BCUT2D eigenvalue weighted by Gasteiger charge is -2.11. The molecular weight excluding hydrogens is 391 g/mol. The van der Waals surface area contributed by atoms with Crippen LogP contribution < -0.4 is 5.32 Å². The van der Waals surface area contributed by atoms with Crippen LogP contribution >= 0.6 is 0 Å². The zero-order valence-electron chi connectivity index (χ0n) is 17.7.